The Balaban J connectivity index is 1.61. The van der Waals surface area contributed by atoms with E-state index in [9.17, 15) is 9.59 Å². The molecule has 1 fully saturated rings. The molecule has 0 saturated carbocycles. The number of nitrogens with one attached hydrogen (secondary N) is 1. The fourth-order valence-corrected chi connectivity index (χ4v) is 3.57. The van der Waals surface area contributed by atoms with Gasteiger partial charge in [0.05, 0.1) is 12.2 Å². The topological polar surface area (TPSA) is 102 Å². The monoisotopic (exact) mass is 385 g/mol. The summed E-state index contributed by atoms with van der Waals surface area (Å²) in [6.45, 7) is 2.43. The molecular formula is C20H27N5O3. The van der Waals surface area contributed by atoms with E-state index < -0.39 is 6.10 Å². The average Bonchev–Trinajstić information content (AvgIpc) is 3.16. The Hall–Kier alpha value is -2.71. The van der Waals surface area contributed by atoms with Crippen molar-refractivity contribution in [1.29, 1.82) is 0 Å². The van der Waals surface area contributed by atoms with Crippen LogP contribution in [0.3, 0.4) is 0 Å². The van der Waals surface area contributed by atoms with Crippen LogP contribution in [0.25, 0.3) is 0 Å². The third-order valence-electron chi connectivity index (χ3n) is 5.08. The van der Waals surface area contributed by atoms with Crippen LogP contribution in [-0.4, -0.2) is 53.2 Å². The van der Waals surface area contributed by atoms with Crippen LogP contribution >= 0.6 is 0 Å². The van der Waals surface area contributed by atoms with E-state index in [0.29, 0.717) is 18.8 Å². The van der Waals surface area contributed by atoms with Crippen molar-refractivity contribution in [2.45, 2.75) is 31.4 Å². The second-order valence-corrected chi connectivity index (χ2v) is 6.97. The predicted octanol–water partition coefficient (Wildman–Crippen LogP) is 1.72. The number of nitrogens with zero attached hydrogens (tertiary/aromatic N) is 3. The highest BCUT2D eigenvalue weighted by Crippen LogP contribution is 2.26. The van der Waals surface area contributed by atoms with Gasteiger partial charge >= 0.3 is 0 Å². The summed E-state index contributed by atoms with van der Waals surface area (Å²) in [7, 11) is 1.52. The molecule has 1 aliphatic rings. The third kappa shape index (κ3) is 4.96. The highest BCUT2D eigenvalue weighted by molar-refractivity contribution is 5.94. The molecule has 2 amide bonds. The Labute approximate surface area is 164 Å². The zero-order chi connectivity index (χ0) is 19.9. The molecule has 8 nitrogen and oxygen atoms in total. The number of nitrogens with two attached hydrogens (primary N) is 1. The first-order chi connectivity index (χ1) is 13.6. The number of carbonyl (C=O) groups excluding carboxylic acids is 2. The van der Waals surface area contributed by atoms with Crippen molar-refractivity contribution in [3.63, 3.8) is 0 Å². The lowest BCUT2D eigenvalue weighted by Gasteiger charge is -2.32. The number of ether oxygens (including phenoxy) is 1. The van der Waals surface area contributed by atoms with Crippen molar-refractivity contribution in [3.05, 3.63) is 48.2 Å². The normalized spacial score (nSPS) is 16.6. The van der Waals surface area contributed by atoms with E-state index in [1.54, 1.807) is 12.3 Å². The van der Waals surface area contributed by atoms with E-state index in [1.165, 1.54) is 7.11 Å². The maximum atomic E-state index is 12.7. The van der Waals surface area contributed by atoms with E-state index >= 15 is 0 Å². The molecule has 1 saturated heterocycles. The molecule has 0 spiro atoms. The highest BCUT2D eigenvalue weighted by Gasteiger charge is 2.25. The van der Waals surface area contributed by atoms with Crippen molar-refractivity contribution in [1.82, 2.24) is 14.7 Å². The molecule has 0 aliphatic carbocycles. The van der Waals surface area contributed by atoms with Crippen LogP contribution in [0.2, 0.25) is 0 Å². The van der Waals surface area contributed by atoms with Gasteiger partial charge in [-0.05, 0) is 18.4 Å². The molecule has 1 aromatic carbocycles. The van der Waals surface area contributed by atoms with Gasteiger partial charge in [0.1, 0.15) is 5.82 Å². The lowest BCUT2D eigenvalue weighted by atomic mass is 10.0. The standard InChI is InChI=1S/C20H27N5O3/c1-28-19(15-5-3-2-4-6-15)20(27)23-18-7-11-22-25(18)16-8-12-24(13-9-16)14-10-17(21)26/h2-7,11,16,19H,8-10,12-14H2,1H3,(H2,21,26)(H,23,27)/t19-/m0/s1. The van der Waals surface area contributed by atoms with Crippen LogP contribution in [0.1, 0.15) is 37.0 Å². The Morgan fingerprint density at radius 2 is 1.96 bits per heavy atom. The third-order valence-corrected chi connectivity index (χ3v) is 5.08. The quantitative estimate of drug-likeness (QED) is 0.720. The van der Waals surface area contributed by atoms with Gasteiger partial charge < -0.3 is 20.7 Å². The minimum absolute atomic E-state index is 0.202. The number of aromatic nitrogens is 2. The largest absolute Gasteiger partial charge is 0.370 e. The van der Waals surface area contributed by atoms with Gasteiger partial charge in [-0.3, -0.25) is 9.59 Å². The van der Waals surface area contributed by atoms with Gasteiger partial charge in [0, 0.05) is 39.2 Å². The van der Waals surface area contributed by atoms with Gasteiger partial charge in [0.15, 0.2) is 6.10 Å². The molecule has 8 heteroatoms. The number of methoxy groups -OCH3 is 1. The summed E-state index contributed by atoms with van der Waals surface area (Å²) < 4.78 is 7.28. The van der Waals surface area contributed by atoms with E-state index in [1.807, 2.05) is 35.0 Å². The zero-order valence-electron chi connectivity index (χ0n) is 16.1. The van der Waals surface area contributed by atoms with E-state index in [0.717, 1.165) is 31.5 Å². The van der Waals surface area contributed by atoms with Gasteiger partial charge in [-0.2, -0.15) is 5.10 Å². The Kier molecular flexibility index (Phi) is 6.78. The van der Waals surface area contributed by atoms with Crippen molar-refractivity contribution < 1.29 is 14.3 Å². The molecule has 1 atom stereocenters. The van der Waals surface area contributed by atoms with Crippen molar-refractivity contribution >= 4 is 17.6 Å². The number of piperidine rings is 1. The minimum Gasteiger partial charge on any atom is -0.370 e. The molecule has 1 aromatic heterocycles. The summed E-state index contributed by atoms with van der Waals surface area (Å²) >= 11 is 0. The first-order valence-corrected chi connectivity index (χ1v) is 9.51. The summed E-state index contributed by atoms with van der Waals surface area (Å²) in [5.74, 6) is 0.165. The van der Waals surface area contributed by atoms with Gasteiger partial charge in [0.2, 0.25) is 5.91 Å². The lowest BCUT2D eigenvalue weighted by molar-refractivity contribution is -0.126. The van der Waals surface area contributed by atoms with E-state index in [-0.39, 0.29) is 17.9 Å². The maximum Gasteiger partial charge on any atom is 0.259 e. The molecule has 150 valence electrons. The number of carbonyl (C=O) groups is 2. The smallest absolute Gasteiger partial charge is 0.259 e. The number of likely N-dealkylation sites (tertiary alicyclic amines) is 1. The number of benzene rings is 1. The second-order valence-electron chi connectivity index (χ2n) is 6.97. The molecule has 0 radical (unpaired) electrons. The number of hydrogen-bond acceptors (Lipinski definition) is 5. The number of rotatable bonds is 8. The molecule has 3 rings (SSSR count). The van der Waals surface area contributed by atoms with Crippen LogP contribution in [-0.2, 0) is 14.3 Å². The molecule has 28 heavy (non-hydrogen) atoms. The summed E-state index contributed by atoms with van der Waals surface area (Å²) in [6, 6.07) is 11.4. The van der Waals surface area contributed by atoms with Crippen LogP contribution in [0.5, 0.6) is 0 Å². The number of hydrogen-bond donors (Lipinski definition) is 2. The summed E-state index contributed by atoms with van der Waals surface area (Å²) in [6.07, 6.45) is 3.19. The molecule has 0 bridgehead atoms. The van der Waals surface area contributed by atoms with Crippen molar-refractivity contribution in [2.75, 3.05) is 32.1 Å². The zero-order valence-corrected chi connectivity index (χ0v) is 16.1. The Morgan fingerprint density at radius 3 is 2.61 bits per heavy atom. The van der Waals surface area contributed by atoms with Crippen molar-refractivity contribution in [2.24, 2.45) is 5.73 Å². The van der Waals surface area contributed by atoms with Crippen LogP contribution < -0.4 is 11.1 Å². The van der Waals surface area contributed by atoms with Gasteiger partial charge in [0.25, 0.3) is 5.91 Å². The van der Waals surface area contributed by atoms with Crippen LogP contribution in [0, 0.1) is 0 Å². The summed E-state index contributed by atoms with van der Waals surface area (Å²) in [5, 5.41) is 7.37. The number of primary amides is 1. The van der Waals surface area contributed by atoms with Crippen LogP contribution in [0.15, 0.2) is 42.6 Å². The molecule has 3 N–H and O–H groups in total. The van der Waals surface area contributed by atoms with E-state index in [2.05, 4.69) is 15.3 Å². The predicted molar refractivity (Wildman–Crippen MR) is 106 cm³/mol. The number of amides is 2. The summed E-state index contributed by atoms with van der Waals surface area (Å²) in [4.78, 5) is 25.9. The summed E-state index contributed by atoms with van der Waals surface area (Å²) in [5.41, 5.74) is 6.03. The second kappa shape index (κ2) is 9.48. The minimum atomic E-state index is -0.680. The first kappa shape index (κ1) is 20.0. The molecule has 2 aromatic rings. The first-order valence-electron chi connectivity index (χ1n) is 9.51. The molecule has 1 aliphatic heterocycles. The van der Waals surface area contributed by atoms with E-state index in [4.69, 9.17) is 10.5 Å². The van der Waals surface area contributed by atoms with Crippen LogP contribution in [0.4, 0.5) is 5.82 Å². The fourth-order valence-electron chi connectivity index (χ4n) is 3.57. The fraction of sp³-hybridized carbons (Fsp3) is 0.450. The SMILES string of the molecule is CO[C@H](C(=O)Nc1ccnn1C1CCN(CCC(N)=O)CC1)c1ccccc1. The number of anilines is 1. The maximum absolute atomic E-state index is 12.7. The van der Waals surface area contributed by atoms with Gasteiger partial charge in [-0.1, -0.05) is 30.3 Å². The molecule has 2 heterocycles. The lowest BCUT2D eigenvalue weighted by Crippen LogP contribution is -2.37. The highest BCUT2D eigenvalue weighted by atomic mass is 16.5. The average molecular weight is 385 g/mol. The van der Waals surface area contributed by atoms with Gasteiger partial charge in [-0.25, -0.2) is 4.68 Å². The molecule has 0 unspecified atom stereocenters. The Morgan fingerprint density at radius 1 is 1.25 bits per heavy atom. The molecular weight excluding hydrogens is 358 g/mol. The van der Waals surface area contributed by atoms with Crippen molar-refractivity contribution in [3.8, 4) is 0 Å². The Bertz CT molecular complexity index is 784. The van der Waals surface area contributed by atoms with Gasteiger partial charge in [-0.15, -0.1) is 0 Å².